The van der Waals surface area contributed by atoms with E-state index >= 15 is 0 Å². The van der Waals surface area contributed by atoms with Crippen LogP contribution < -0.4 is 0 Å². The van der Waals surface area contributed by atoms with E-state index in [1.807, 2.05) is 0 Å². The molecule has 0 N–H and O–H groups in total. The van der Waals surface area contributed by atoms with Gasteiger partial charge in [0.2, 0.25) is 6.29 Å². The minimum absolute atomic E-state index is 0.250. The molecule has 92 valence electrons. The number of nitriles is 2. The largest absolute Gasteiger partial charge is 0.458 e. The highest BCUT2D eigenvalue weighted by Crippen LogP contribution is 2.00. The summed E-state index contributed by atoms with van der Waals surface area (Å²) in [4.78, 5) is 21.9. The summed E-state index contributed by atoms with van der Waals surface area (Å²) in [5.74, 6) is -1.49. The Balaban J connectivity index is 4.07. The monoisotopic (exact) mass is 240 g/mol. The third-order valence-corrected chi connectivity index (χ3v) is 1.44. The van der Waals surface area contributed by atoms with Crippen molar-refractivity contribution in [2.75, 3.05) is 13.2 Å². The van der Waals surface area contributed by atoms with E-state index in [0.717, 1.165) is 0 Å². The van der Waals surface area contributed by atoms with Gasteiger partial charge in [-0.15, -0.1) is 0 Å². The minimum atomic E-state index is -1.05. The van der Waals surface area contributed by atoms with Crippen molar-refractivity contribution in [1.82, 2.24) is 0 Å². The van der Waals surface area contributed by atoms with Crippen LogP contribution in [0.15, 0.2) is 0 Å². The van der Waals surface area contributed by atoms with Gasteiger partial charge in [0.05, 0.1) is 12.1 Å². The molecule has 1 unspecified atom stereocenters. The summed E-state index contributed by atoms with van der Waals surface area (Å²) in [5.41, 5.74) is 0. The molecule has 1 atom stereocenters. The molecular formula is C10H12N2O5. The van der Waals surface area contributed by atoms with Crippen molar-refractivity contribution in [3.05, 3.63) is 0 Å². The molecule has 0 aliphatic heterocycles. The highest BCUT2D eigenvalue weighted by atomic mass is 16.7. The standard InChI is InChI=1S/C10H12N2O5/c1-2-15-10(17-9(14)4-6-12)7-16-8(13)3-5-11/h10H,2-4,7H2,1H3. The SMILES string of the molecule is CCOC(COC(=O)CC#N)OC(=O)CC#N. The van der Waals surface area contributed by atoms with E-state index in [0.29, 0.717) is 0 Å². The Morgan fingerprint density at radius 3 is 2.29 bits per heavy atom. The van der Waals surface area contributed by atoms with Gasteiger partial charge < -0.3 is 14.2 Å². The van der Waals surface area contributed by atoms with Gasteiger partial charge in [-0.1, -0.05) is 0 Å². The Bertz CT molecular complexity index is 342. The van der Waals surface area contributed by atoms with E-state index in [-0.39, 0.29) is 19.6 Å². The van der Waals surface area contributed by atoms with Crippen LogP contribution in [0.4, 0.5) is 0 Å². The van der Waals surface area contributed by atoms with Crippen molar-refractivity contribution in [2.24, 2.45) is 0 Å². The number of carbonyl (C=O) groups is 2. The van der Waals surface area contributed by atoms with Crippen LogP contribution in [0.25, 0.3) is 0 Å². The van der Waals surface area contributed by atoms with E-state index in [4.69, 9.17) is 20.0 Å². The van der Waals surface area contributed by atoms with Gasteiger partial charge in [0.25, 0.3) is 0 Å². The van der Waals surface area contributed by atoms with Crippen LogP contribution in [0.3, 0.4) is 0 Å². The second kappa shape index (κ2) is 9.13. The Morgan fingerprint density at radius 2 is 1.76 bits per heavy atom. The molecule has 0 aromatic rings. The molecule has 7 heteroatoms. The lowest BCUT2D eigenvalue weighted by atomic mass is 10.5. The molecule has 0 aromatic carbocycles. The van der Waals surface area contributed by atoms with Gasteiger partial charge in [0.1, 0.15) is 12.8 Å². The van der Waals surface area contributed by atoms with Gasteiger partial charge in [0, 0.05) is 6.61 Å². The Hall–Kier alpha value is -2.12. The highest BCUT2D eigenvalue weighted by molar-refractivity contribution is 5.72. The van der Waals surface area contributed by atoms with Crippen molar-refractivity contribution in [1.29, 1.82) is 10.5 Å². The normalized spacial score (nSPS) is 10.8. The molecule has 7 nitrogen and oxygen atoms in total. The summed E-state index contributed by atoms with van der Waals surface area (Å²) in [6.07, 6.45) is -1.84. The van der Waals surface area contributed by atoms with Gasteiger partial charge in [-0.25, -0.2) is 0 Å². The predicted molar refractivity (Wildman–Crippen MR) is 52.9 cm³/mol. The molecule has 0 aliphatic rings. The van der Waals surface area contributed by atoms with E-state index < -0.39 is 24.6 Å². The zero-order valence-corrected chi connectivity index (χ0v) is 9.34. The van der Waals surface area contributed by atoms with Gasteiger partial charge >= 0.3 is 11.9 Å². The molecule has 0 radical (unpaired) electrons. The Kier molecular flexibility index (Phi) is 7.99. The second-order valence-corrected chi connectivity index (χ2v) is 2.73. The zero-order valence-electron chi connectivity index (χ0n) is 9.34. The van der Waals surface area contributed by atoms with Gasteiger partial charge in [-0.05, 0) is 6.92 Å². The number of esters is 2. The average Bonchev–Trinajstić information content (AvgIpc) is 2.27. The first kappa shape index (κ1) is 14.9. The van der Waals surface area contributed by atoms with Crippen molar-refractivity contribution in [3.63, 3.8) is 0 Å². The van der Waals surface area contributed by atoms with Gasteiger partial charge in [0.15, 0.2) is 6.61 Å². The van der Waals surface area contributed by atoms with Crippen LogP contribution in [0.2, 0.25) is 0 Å². The first-order valence-corrected chi connectivity index (χ1v) is 4.84. The summed E-state index contributed by atoms with van der Waals surface area (Å²) in [6.45, 7) is 1.62. The number of ether oxygens (including phenoxy) is 3. The van der Waals surface area contributed by atoms with Gasteiger partial charge in [-0.2, -0.15) is 10.5 Å². The van der Waals surface area contributed by atoms with Crippen LogP contribution in [-0.2, 0) is 23.8 Å². The molecule has 0 rings (SSSR count). The van der Waals surface area contributed by atoms with Crippen molar-refractivity contribution in [2.45, 2.75) is 26.1 Å². The summed E-state index contributed by atoms with van der Waals surface area (Å²) in [7, 11) is 0. The molecule has 0 amide bonds. The van der Waals surface area contributed by atoms with Crippen LogP contribution in [0.5, 0.6) is 0 Å². The summed E-state index contributed by atoms with van der Waals surface area (Å²) < 4.78 is 14.3. The van der Waals surface area contributed by atoms with E-state index in [9.17, 15) is 9.59 Å². The first-order chi connectivity index (χ1) is 8.13. The first-order valence-electron chi connectivity index (χ1n) is 4.84. The molecule has 0 saturated heterocycles. The Labute approximate surface area is 98.5 Å². The lowest BCUT2D eigenvalue weighted by Gasteiger charge is -2.16. The van der Waals surface area contributed by atoms with Crippen molar-refractivity contribution in [3.8, 4) is 12.1 Å². The van der Waals surface area contributed by atoms with E-state index in [2.05, 4.69) is 4.74 Å². The number of rotatable bonds is 7. The molecule has 17 heavy (non-hydrogen) atoms. The second-order valence-electron chi connectivity index (χ2n) is 2.73. The summed E-state index contributed by atoms with van der Waals surface area (Å²) in [5, 5.41) is 16.5. The number of nitrogens with zero attached hydrogens (tertiary/aromatic N) is 2. The topological polar surface area (TPSA) is 109 Å². The third-order valence-electron chi connectivity index (χ3n) is 1.44. The van der Waals surface area contributed by atoms with Crippen LogP contribution in [0.1, 0.15) is 19.8 Å². The fraction of sp³-hybridized carbons (Fsp3) is 0.600. The third kappa shape index (κ3) is 7.77. The van der Waals surface area contributed by atoms with E-state index in [1.165, 1.54) is 0 Å². The quantitative estimate of drug-likeness (QED) is 0.463. The summed E-state index contributed by atoms with van der Waals surface area (Å²) in [6, 6.07) is 3.24. The molecule has 0 heterocycles. The maximum Gasteiger partial charge on any atom is 0.322 e. The molecule has 0 spiro atoms. The molecule has 0 aromatic heterocycles. The predicted octanol–water partition coefficient (Wildman–Crippen LogP) is 0.263. The lowest BCUT2D eigenvalue weighted by molar-refractivity contribution is -0.192. The number of carbonyl (C=O) groups excluding carboxylic acids is 2. The summed E-state index contributed by atoms with van der Waals surface area (Å²) >= 11 is 0. The average molecular weight is 240 g/mol. The van der Waals surface area contributed by atoms with Crippen LogP contribution >= 0.6 is 0 Å². The fourth-order valence-corrected chi connectivity index (χ4v) is 0.831. The van der Waals surface area contributed by atoms with E-state index in [1.54, 1.807) is 19.1 Å². The van der Waals surface area contributed by atoms with Crippen molar-refractivity contribution < 1.29 is 23.8 Å². The molecule has 0 saturated carbocycles. The Morgan fingerprint density at radius 1 is 1.18 bits per heavy atom. The maximum absolute atomic E-state index is 11.0. The fourth-order valence-electron chi connectivity index (χ4n) is 0.831. The van der Waals surface area contributed by atoms with Crippen LogP contribution in [0, 0.1) is 22.7 Å². The maximum atomic E-state index is 11.0. The molecule has 0 fully saturated rings. The molecular weight excluding hydrogens is 228 g/mol. The number of hydrogen-bond donors (Lipinski definition) is 0. The smallest absolute Gasteiger partial charge is 0.322 e. The molecule has 0 bridgehead atoms. The lowest BCUT2D eigenvalue weighted by Crippen LogP contribution is -2.27. The number of hydrogen-bond acceptors (Lipinski definition) is 7. The van der Waals surface area contributed by atoms with Crippen LogP contribution in [-0.4, -0.2) is 31.4 Å². The minimum Gasteiger partial charge on any atom is -0.458 e. The van der Waals surface area contributed by atoms with Crippen molar-refractivity contribution >= 4 is 11.9 Å². The van der Waals surface area contributed by atoms with Gasteiger partial charge in [-0.3, -0.25) is 9.59 Å². The highest BCUT2D eigenvalue weighted by Gasteiger charge is 2.16. The molecule has 0 aliphatic carbocycles. The zero-order chi connectivity index (χ0) is 13.1.